The van der Waals surface area contributed by atoms with Gasteiger partial charge in [0, 0.05) is 50.1 Å². The second-order valence-electron chi connectivity index (χ2n) is 8.92. The van der Waals surface area contributed by atoms with Crippen LogP contribution in [0.3, 0.4) is 0 Å². The van der Waals surface area contributed by atoms with E-state index >= 15 is 4.39 Å². The first kappa shape index (κ1) is 24.2. The van der Waals surface area contributed by atoms with Gasteiger partial charge in [0.2, 0.25) is 0 Å². The van der Waals surface area contributed by atoms with Crippen LogP contribution in [0.4, 0.5) is 26.2 Å². The number of amides is 2. The summed E-state index contributed by atoms with van der Waals surface area (Å²) in [4.78, 5) is 40.5. The first-order chi connectivity index (χ1) is 17.8. The Labute approximate surface area is 211 Å². The van der Waals surface area contributed by atoms with Crippen LogP contribution in [0.15, 0.2) is 48.7 Å². The molecule has 2 aliphatic heterocycles. The molecule has 5 rings (SSSR count). The molecule has 3 aromatic rings. The number of carbonyl (C=O) groups excluding carboxylic acids is 2. The van der Waals surface area contributed by atoms with Crippen LogP contribution < -0.4 is 9.80 Å². The number of anilines is 2. The molecule has 0 unspecified atom stereocenters. The first-order valence-electron chi connectivity index (χ1n) is 11.7. The molecule has 0 saturated carbocycles. The van der Waals surface area contributed by atoms with E-state index in [4.69, 9.17) is 4.74 Å². The number of aromatic nitrogens is 3. The smallest absolute Gasteiger partial charge is 0.414 e. The minimum absolute atomic E-state index is 0.145. The molecule has 2 aliphatic rings. The molecular weight excluding hydrogens is 485 g/mol. The van der Waals surface area contributed by atoms with E-state index in [-0.39, 0.29) is 23.7 Å². The van der Waals surface area contributed by atoms with Crippen molar-refractivity contribution in [1.82, 2.24) is 19.9 Å². The summed E-state index contributed by atoms with van der Waals surface area (Å²) < 4.78 is 22.1. The number of halogens is 1. The van der Waals surface area contributed by atoms with Crippen LogP contribution >= 0.6 is 0 Å². The Balaban J connectivity index is 1.21. The summed E-state index contributed by atoms with van der Waals surface area (Å²) in [5.74, 6) is -0.790. The van der Waals surface area contributed by atoms with Crippen LogP contribution in [0.2, 0.25) is 0 Å². The highest BCUT2D eigenvalue weighted by Crippen LogP contribution is 2.29. The average Bonchev–Trinajstić information content (AvgIpc) is 3.48. The quantitative estimate of drug-likeness (QED) is 0.367. The van der Waals surface area contributed by atoms with E-state index in [1.807, 2.05) is 11.8 Å². The summed E-state index contributed by atoms with van der Waals surface area (Å²) in [6.45, 7) is 3.88. The Morgan fingerprint density at radius 2 is 1.97 bits per heavy atom. The van der Waals surface area contributed by atoms with E-state index in [2.05, 4.69) is 10.3 Å². The number of non-ortho nitro benzene ring substituents is 1. The third-order valence-corrected chi connectivity index (χ3v) is 6.37. The standard InChI is InChI=1S/C24H24FN7O5/c1-16-13-30(27-26-16)14-20-15-31(24(34)37-20)18-5-6-22(21(25)12-18)28-7-9-29(10-8-28)23(33)17-3-2-4-19(11-17)32(35)36/h2-6,11-13,20H,7-10,14-15H2,1H3/t20-/m0/s1. The van der Waals surface area contributed by atoms with Gasteiger partial charge in [-0.2, -0.15) is 0 Å². The lowest BCUT2D eigenvalue weighted by atomic mass is 10.1. The minimum atomic E-state index is -0.553. The fraction of sp³-hybridized carbons (Fsp3) is 0.333. The number of benzene rings is 2. The van der Waals surface area contributed by atoms with Gasteiger partial charge in [0.1, 0.15) is 11.9 Å². The van der Waals surface area contributed by atoms with Crippen molar-refractivity contribution in [2.24, 2.45) is 0 Å². The molecule has 2 fully saturated rings. The van der Waals surface area contributed by atoms with Gasteiger partial charge in [-0.1, -0.05) is 11.3 Å². The van der Waals surface area contributed by atoms with Crippen molar-refractivity contribution in [2.75, 3.05) is 42.5 Å². The highest BCUT2D eigenvalue weighted by molar-refractivity contribution is 5.95. The van der Waals surface area contributed by atoms with Crippen LogP contribution in [0.1, 0.15) is 16.1 Å². The molecule has 37 heavy (non-hydrogen) atoms. The molecule has 0 aliphatic carbocycles. The molecular formula is C24H24FN7O5. The zero-order chi connectivity index (χ0) is 26.1. The number of rotatable bonds is 6. The number of aryl methyl sites for hydroxylation is 1. The molecule has 0 N–H and O–H groups in total. The molecule has 12 nitrogen and oxygen atoms in total. The summed E-state index contributed by atoms with van der Waals surface area (Å²) in [6, 6.07) is 10.2. The normalized spacial score (nSPS) is 17.7. The molecule has 2 aromatic carbocycles. The van der Waals surface area contributed by atoms with E-state index in [1.165, 1.54) is 29.2 Å². The number of cyclic esters (lactones) is 1. The lowest BCUT2D eigenvalue weighted by molar-refractivity contribution is -0.384. The Morgan fingerprint density at radius 3 is 2.65 bits per heavy atom. The Bertz CT molecular complexity index is 1350. The number of nitro benzene ring substituents is 1. The maximum Gasteiger partial charge on any atom is 0.414 e. The van der Waals surface area contributed by atoms with Crippen molar-refractivity contribution < 1.29 is 23.6 Å². The van der Waals surface area contributed by atoms with Crippen molar-refractivity contribution in [3.05, 3.63) is 75.9 Å². The number of nitrogens with zero attached hydrogens (tertiary/aromatic N) is 7. The van der Waals surface area contributed by atoms with Crippen LogP contribution in [-0.4, -0.2) is 75.6 Å². The number of carbonyl (C=O) groups is 2. The van der Waals surface area contributed by atoms with Gasteiger partial charge in [-0.25, -0.2) is 13.9 Å². The highest BCUT2D eigenvalue weighted by atomic mass is 19.1. The fourth-order valence-corrected chi connectivity index (χ4v) is 4.53. The Kier molecular flexibility index (Phi) is 6.42. The fourth-order valence-electron chi connectivity index (χ4n) is 4.53. The predicted molar refractivity (Wildman–Crippen MR) is 130 cm³/mol. The second-order valence-corrected chi connectivity index (χ2v) is 8.92. The summed E-state index contributed by atoms with van der Waals surface area (Å²) in [6.07, 6.45) is 0.761. The maximum absolute atomic E-state index is 15.1. The van der Waals surface area contributed by atoms with Crippen LogP contribution in [0.5, 0.6) is 0 Å². The zero-order valence-electron chi connectivity index (χ0n) is 20.0. The molecule has 1 atom stereocenters. The second kappa shape index (κ2) is 9.84. The van der Waals surface area contributed by atoms with E-state index < -0.39 is 22.9 Å². The van der Waals surface area contributed by atoms with Crippen molar-refractivity contribution in [2.45, 2.75) is 19.6 Å². The van der Waals surface area contributed by atoms with E-state index in [1.54, 1.807) is 34.0 Å². The maximum atomic E-state index is 15.1. The lowest BCUT2D eigenvalue weighted by Gasteiger charge is -2.36. The highest BCUT2D eigenvalue weighted by Gasteiger charge is 2.33. The topological polar surface area (TPSA) is 127 Å². The van der Waals surface area contributed by atoms with Gasteiger partial charge < -0.3 is 14.5 Å². The van der Waals surface area contributed by atoms with Crippen molar-refractivity contribution >= 4 is 29.1 Å². The van der Waals surface area contributed by atoms with Crippen LogP contribution in [0.25, 0.3) is 0 Å². The van der Waals surface area contributed by atoms with Gasteiger partial charge in [0.25, 0.3) is 11.6 Å². The molecule has 2 amide bonds. The molecule has 1 aromatic heterocycles. The predicted octanol–water partition coefficient (Wildman–Crippen LogP) is 2.62. The number of nitro groups is 1. The third-order valence-electron chi connectivity index (χ3n) is 6.37. The van der Waals surface area contributed by atoms with Crippen LogP contribution in [-0.2, 0) is 11.3 Å². The summed E-state index contributed by atoms with van der Waals surface area (Å²) >= 11 is 0. The molecule has 13 heteroatoms. The Hall–Kier alpha value is -4.55. The van der Waals surface area contributed by atoms with Gasteiger partial charge in [-0.3, -0.25) is 19.8 Å². The SMILES string of the molecule is Cc1cn(C[C@H]2CN(c3ccc(N4CCN(C(=O)c5cccc([N+](=O)[O-])c5)CC4)c(F)c3)C(=O)O2)nn1. The summed E-state index contributed by atoms with van der Waals surface area (Å²) in [5.41, 5.74) is 1.62. The molecule has 0 spiro atoms. The number of ether oxygens (including phenoxy) is 1. The molecule has 0 radical (unpaired) electrons. The van der Waals surface area contributed by atoms with Crippen molar-refractivity contribution in [1.29, 1.82) is 0 Å². The zero-order valence-corrected chi connectivity index (χ0v) is 20.0. The third kappa shape index (κ3) is 5.06. The monoisotopic (exact) mass is 509 g/mol. The van der Waals surface area contributed by atoms with Gasteiger partial charge in [0.15, 0.2) is 0 Å². The van der Waals surface area contributed by atoms with Crippen LogP contribution in [0, 0.1) is 22.9 Å². The summed E-state index contributed by atoms with van der Waals surface area (Å²) in [7, 11) is 0. The average molecular weight is 509 g/mol. The number of hydrogen-bond acceptors (Lipinski definition) is 8. The van der Waals surface area contributed by atoms with Crippen molar-refractivity contribution in [3.8, 4) is 0 Å². The summed E-state index contributed by atoms with van der Waals surface area (Å²) in [5, 5.41) is 18.9. The largest absolute Gasteiger partial charge is 0.442 e. The van der Waals surface area contributed by atoms with Gasteiger partial charge in [0.05, 0.1) is 35.1 Å². The van der Waals surface area contributed by atoms with Gasteiger partial charge in [-0.15, -0.1) is 5.10 Å². The van der Waals surface area contributed by atoms with Gasteiger partial charge >= 0.3 is 6.09 Å². The Morgan fingerprint density at radius 1 is 1.19 bits per heavy atom. The molecule has 2 saturated heterocycles. The lowest BCUT2D eigenvalue weighted by Crippen LogP contribution is -2.49. The molecule has 0 bridgehead atoms. The van der Waals surface area contributed by atoms with Gasteiger partial charge in [-0.05, 0) is 31.2 Å². The van der Waals surface area contributed by atoms with E-state index in [9.17, 15) is 19.7 Å². The van der Waals surface area contributed by atoms with Crippen molar-refractivity contribution in [3.63, 3.8) is 0 Å². The first-order valence-corrected chi connectivity index (χ1v) is 11.7. The number of hydrogen-bond donors (Lipinski definition) is 0. The molecule has 192 valence electrons. The van der Waals surface area contributed by atoms with E-state index in [0.29, 0.717) is 44.1 Å². The van der Waals surface area contributed by atoms with E-state index in [0.717, 1.165) is 5.69 Å². The number of piperazine rings is 1. The minimum Gasteiger partial charge on any atom is -0.442 e. The molecule has 3 heterocycles.